The van der Waals surface area contributed by atoms with E-state index in [1.807, 2.05) is 17.4 Å². The topological polar surface area (TPSA) is 48.8 Å². The number of dihydropyridines is 1. The van der Waals surface area contributed by atoms with Gasteiger partial charge in [-0.15, -0.1) is 11.3 Å². The second kappa shape index (κ2) is 17.5. The predicted molar refractivity (Wildman–Crippen MR) is 282 cm³/mol. The van der Waals surface area contributed by atoms with Crippen LogP contribution in [0.1, 0.15) is 56.7 Å². The number of nitrogens with zero attached hydrogens (tertiary/aromatic N) is 2. The van der Waals surface area contributed by atoms with E-state index in [1.165, 1.54) is 48.0 Å². The third kappa shape index (κ3) is 7.65. The molecule has 2 aliphatic rings. The highest BCUT2D eigenvalue weighted by atomic mass is 32.1. The zero-order valence-electron chi connectivity index (χ0n) is 36.6. The number of allylic oxidation sites excluding steroid dienone is 2. The van der Waals surface area contributed by atoms with E-state index >= 15 is 0 Å². The van der Waals surface area contributed by atoms with Crippen molar-refractivity contribution < 1.29 is 0 Å². The first-order chi connectivity index (χ1) is 33.2. The van der Waals surface area contributed by atoms with E-state index in [0.29, 0.717) is 0 Å². The maximum absolute atomic E-state index is 5.39. The largest absolute Gasteiger partial charge is 0.373 e. The molecule has 1 aromatic heterocycles. The lowest BCUT2D eigenvalue weighted by Crippen LogP contribution is -2.36. The Bertz CT molecular complexity index is 3540. The molecule has 0 amide bonds. The van der Waals surface area contributed by atoms with E-state index in [4.69, 9.17) is 9.98 Å². The van der Waals surface area contributed by atoms with Crippen molar-refractivity contribution >= 4 is 65.6 Å². The predicted octanol–water partition coefficient (Wildman–Crippen LogP) is 15.0. The van der Waals surface area contributed by atoms with Crippen molar-refractivity contribution in [3.05, 3.63) is 287 Å². The summed E-state index contributed by atoms with van der Waals surface area (Å²) in [6.07, 6.45) is -0.480. The van der Waals surface area contributed by atoms with Crippen LogP contribution in [0, 0.1) is 0 Å². The number of aliphatic imine (C=N–C) groups is 2. The molecule has 67 heavy (non-hydrogen) atoms. The number of hydrogen-bond acceptors (Lipinski definition) is 5. The third-order valence-electron chi connectivity index (χ3n) is 12.8. The van der Waals surface area contributed by atoms with E-state index < -0.39 is 6.17 Å². The van der Waals surface area contributed by atoms with Gasteiger partial charge < -0.3 is 10.6 Å². The minimum absolute atomic E-state index is 0.128. The average Bonchev–Trinajstić information content (AvgIpc) is 3.81. The Labute approximate surface area is 394 Å². The van der Waals surface area contributed by atoms with Gasteiger partial charge in [0.1, 0.15) is 11.7 Å². The molecule has 0 saturated carbocycles. The summed E-state index contributed by atoms with van der Waals surface area (Å²) < 4.78 is 2.59. The second-order valence-corrected chi connectivity index (χ2v) is 18.0. The van der Waals surface area contributed by atoms with Crippen LogP contribution in [0.3, 0.4) is 0 Å². The number of nitrogens with one attached hydrogen (secondary N) is 2. The smallest absolute Gasteiger partial charge is 0.169 e. The lowest BCUT2D eigenvalue weighted by atomic mass is 9.77. The first-order valence-electron chi connectivity index (χ1n) is 22.8. The van der Waals surface area contributed by atoms with Gasteiger partial charge in [-0.25, -0.2) is 9.98 Å². The van der Waals surface area contributed by atoms with E-state index in [0.717, 1.165) is 61.9 Å². The van der Waals surface area contributed by atoms with Crippen LogP contribution < -0.4 is 10.6 Å². The molecule has 12 rings (SSSR count). The highest BCUT2D eigenvalue weighted by Gasteiger charge is 2.33. The summed E-state index contributed by atoms with van der Waals surface area (Å²) in [7, 11) is 0. The van der Waals surface area contributed by atoms with Crippen LogP contribution in [-0.4, -0.2) is 11.7 Å². The molecule has 0 saturated heterocycles. The average molecular weight is 877 g/mol. The molecule has 2 unspecified atom stereocenters. The van der Waals surface area contributed by atoms with Crippen molar-refractivity contribution in [3.8, 4) is 11.1 Å². The molecule has 5 heteroatoms. The van der Waals surface area contributed by atoms with Gasteiger partial charge in [-0.3, -0.25) is 0 Å². The molecule has 0 bridgehead atoms. The van der Waals surface area contributed by atoms with Gasteiger partial charge in [-0.05, 0) is 67.8 Å². The van der Waals surface area contributed by atoms with Gasteiger partial charge in [0.2, 0.25) is 0 Å². The number of amidine groups is 2. The lowest BCUT2D eigenvalue weighted by molar-refractivity contribution is 0.755. The van der Waals surface area contributed by atoms with E-state index in [2.05, 4.69) is 247 Å². The van der Waals surface area contributed by atoms with Crippen LogP contribution in [0.25, 0.3) is 53.7 Å². The van der Waals surface area contributed by atoms with E-state index in [-0.39, 0.29) is 6.04 Å². The van der Waals surface area contributed by atoms with Crippen LogP contribution >= 0.6 is 11.3 Å². The zero-order valence-corrected chi connectivity index (χ0v) is 37.4. The molecule has 4 nitrogen and oxygen atoms in total. The molecule has 2 aliphatic heterocycles. The summed E-state index contributed by atoms with van der Waals surface area (Å²) >= 11 is 1.85. The molecule has 0 aliphatic carbocycles. The summed E-state index contributed by atoms with van der Waals surface area (Å²) in [5.74, 6) is 1.57. The number of fused-ring (bicyclic) bond motifs is 3. The molecule has 10 aromatic rings. The molecule has 318 valence electrons. The Morgan fingerprint density at radius 1 is 0.373 bits per heavy atom. The summed E-state index contributed by atoms with van der Waals surface area (Å²) in [5, 5.41) is 10.3. The Hall–Kier alpha value is -8.38. The van der Waals surface area contributed by atoms with E-state index in [1.54, 1.807) is 0 Å². The third-order valence-corrected chi connectivity index (χ3v) is 14.0. The van der Waals surface area contributed by atoms with Gasteiger partial charge >= 0.3 is 0 Å². The molecular formula is C62H44N4S. The summed E-state index contributed by atoms with van der Waals surface area (Å²) in [6.45, 7) is 0. The van der Waals surface area contributed by atoms with Gasteiger partial charge in [0.25, 0.3) is 0 Å². The lowest BCUT2D eigenvalue weighted by Gasteiger charge is -2.36. The maximum Gasteiger partial charge on any atom is 0.169 e. The molecule has 2 atom stereocenters. The van der Waals surface area contributed by atoms with Crippen molar-refractivity contribution in [2.75, 3.05) is 0 Å². The second-order valence-electron chi connectivity index (χ2n) is 16.9. The zero-order chi connectivity index (χ0) is 44.5. The fraction of sp³-hybridized carbons (Fsp3) is 0.0323. The summed E-state index contributed by atoms with van der Waals surface area (Å²) in [6, 6.07) is 86.5. The SMILES string of the molecule is c1ccc(C2=NC(c3ccc(C4=C(c5ccccc5)C(c5ccccc5)NC(c5ccccc5)=C4c4ccccc4)cc3)N=C(c3cccc(-c4cccc5c4sc4ccccc45)c3)N2)cc1. The molecule has 9 aromatic carbocycles. The fourth-order valence-corrected chi connectivity index (χ4v) is 10.9. The Morgan fingerprint density at radius 2 is 0.896 bits per heavy atom. The highest BCUT2D eigenvalue weighted by molar-refractivity contribution is 7.26. The first kappa shape index (κ1) is 40.2. The molecule has 3 heterocycles. The van der Waals surface area contributed by atoms with Crippen LogP contribution in [0.2, 0.25) is 0 Å². The first-order valence-corrected chi connectivity index (χ1v) is 23.6. The van der Waals surface area contributed by atoms with Gasteiger partial charge in [-0.2, -0.15) is 0 Å². The van der Waals surface area contributed by atoms with Crippen molar-refractivity contribution in [2.24, 2.45) is 9.98 Å². The Balaban J connectivity index is 1.01. The monoisotopic (exact) mass is 876 g/mol. The molecule has 2 N–H and O–H groups in total. The number of rotatable bonds is 9. The van der Waals surface area contributed by atoms with Gasteiger partial charge in [0.05, 0.1) is 11.7 Å². The van der Waals surface area contributed by atoms with Crippen LogP contribution in [0.15, 0.2) is 253 Å². The van der Waals surface area contributed by atoms with Gasteiger partial charge in [0.15, 0.2) is 6.17 Å². The van der Waals surface area contributed by atoms with Gasteiger partial charge in [-0.1, -0.05) is 231 Å². The Kier molecular flexibility index (Phi) is 10.5. The van der Waals surface area contributed by atoms with Crippen molar-refractivity contribution in [2.45, 2.75) is 12.2 Å². The van der Waals surface area contributed by atoms with Crippen LogP contribution in [0.5, 0.6) is 0 Å². The molecule has 0 fully saturated rings. The minimum Gasteiger partial charge on any atom is -0.373 e. The molecular weight excluding hydrogens is 833 g/mol. The number of hydrogen-bond donors (Lipinski definition) is 2. The summed E-state index contributed by atoms with van der Waals surface area (Å²) in [4.78, 5) is 10.7. The fourth-order valence-electron chi connectivity index (χ4n) is 9.66. The quantitative estimate of drug-likeness (QED) is 0.152. The van der Waals surface area contributed by atoms with Crippen molar-refractivity contribution in [1.29, 1.82) is 0 Å². The number of thiophene rings is 1. The summed E-state index contributed by atoms with van der Waals surface area (Å²) in [5.41, 5.74) is 15.8. The van der Waals surface area contributed by atoms with Crippen LogP contribution in [0.4, 0.5) is 0 Å². The normalized spacial score (nSPS) is 16.1. The van der Waals surface area contributed by atoms with Crippen molar-refractivity contribution in [1.82, 2.24) is 10.6 Å². The Morgan fingerprint density at radius 3 is 1.60 bits per heavy atom. The molecule has 0 spiro atoms. The van der Waals surface area contributed by atoms with Crippen LogP contribution in [-0.2, 0) is 0 Å². The highest BCUT2D eigenvalue weighted by Crippen LogP contribution is 2.50. The molecule has 0 radical (unpaired) electrons. The maximum atomic E-state index is 5.39. The van der Waals surface area contributed by atoms with E-state index in [9.17, 15) is 0 Å². The van der Waals surface area contributed by atoms with Gasteiger partial charge in [0, 0.05) is 36.9 Å². The minimum atomic E-state index is -0.480. The van der Waals surface area contributed by atoms with Crippen molar-refractivity contribution in [3.63, 3.8) is 0 Å². The standard InChI is InChI=1S/C62H44N4S/c1-6-20-41(21-7-1)55-54(56(42-22-8-2-9-23-42)58(45-26-12-4-13-27-45)63-57(55)44-24-10-3-11-25-44)43-36-38-47(39-37-43)61-64-60(46-28-14-5-15-29-46)65-62(66-61)49-31-18-30-48(40-49)50-33-19-34-52-51-32-16-17-35-53(51)67-59(50)52/h1-40,57,61,63H,(H,64,65,66). The number of benzene rings is 9.